The van der Waals surface area contributed by atoms with Gasteiger partial charge in [0, 0.05) is 19.1 Å². The molecular weight excluding hydrogens is 273 g/mol. The van der Waals surface area contributed by atoms with Crippen LogP contribution in [0.3, 0.4) is 0 Å². The maximum absolute atomic E-state index is 12.0. The van der Waals surface area contributed by atoms with Crippen molar-refractivity contribution >= 4 is 30.7 Å². The van der Waals surface area contributed by atoms with Crippen LogP contribution in [0.15, 0.2) is 0 Å². The summed E-state index contributed by atoms with van der Waals surface area (Å²) in [6.45, 7) is 8.51. The minimum atomic E-state index is 0. The van der Waals surface area contributed by atoms with Gasteiger partial charge in [-0.05, 0) is 33.0 Å². The first-order chi connectivity index (χ1) is 7.71. The summed E-state index contributed by atoms with van der Waals surface area (Å²) >= 11 is 0. The number of hydrogen-bond donors (Lipinski definition) is 1. The molecule has 1 heterocycles. The van der Waals surface area contributed by atoms with E-state index in [0.29, 0.717) is 18.5 Å². The summed E-state index contributed by atoms with van der Waals surface area (Å²) in [6.07, 6.45) is 2.17. The van der Waals surface area contributed by atoms with Crippen molar-refractivity contribution in [2.45, 2.75) is 32.7 Å². The van der Waals surface area contributed by atoms with Gasteiger partial charge in [-0.3, -0.25) is 9.69 Å². The van der Waals surface area contributed by atoms with Crippen molar-refractivity contribution in [3.63, 3.8) is 0 Å². The summed E-state index contributed by atoms with van der Waals surface area (Å²) in [4.78, 5) is 16.2. The van der Waals surface area contributed by atoms with Crippen LogP contribution in [0.1, 0.15) is 26.7 Å². The Kier molecular flexibility index (Phi) is 12.2. The standard InChI is InChI=1S/C12H25N3O.2ClH/c1-4-14(5-2)10-12(16)15-8-6-11(13-3)7-9-15;;/h11,13H,4-10H2,1-3H3;2*1H. The molecule has 0 radical (unpaired) electrons. The molecule has 1 fully saturated rings. The Labute approximate surface area is 123 Å². The van der Waals surface area contributed by atoms with Gasteiger partial charge in [-0.2, -0.15) is 0 Å². The molecule has 0 saturated carbocycles. The lowest BCUT2D eigenvalue weighted by molar-refractivity contribution is -0.133. The number of likely N-dealkylation sites (tertiary alicyclic amines) is 1. The lowest BCUT2D eigenvalue weighted by atomic mass is 10.1. The van der Waals surface area contributed by atoms with Crippen LogP contribution in [-0.4, -0.2) is 61.5 Å². The second-order valence-corrected chi connectivity index (χ2v) is 4.41. The van der Waals surface area contributed by atoms with Crippen molar-refractivity contribution in [1.82, 2.24) is 15.1 Å². The predicted molar refractivity (Wildman–Crippen MR) is 80.9 cm³/mol. The molecule has 1 saturated heterocycles. The monoisotopic (exact) mass is 299 g/mol. The fourth-order valence-electron chi connectivity index (χ4n) is 2.16. The minimum Gasteiger partial charge on any atom is -0.341 e. The molecule has 110 valence electrons. The maximum atomic E-state index is 12.0. The highest BCUT2D eigenvalue weighted by Gasteiger charge is 2.22. The Bertz CT molecular complexity index is 217. The molecule has 0 unspecified atom stereocenters. The third kappa shape index (κ3) is 6.23. The third-order valence-electron chi connectivity index (χ3n) is 3.51. The number of carbonyl (C=O) groups is 1. The van der Waals surface area contributed by atoms with Crippen LogP contribution in [0.25, 0.3) is 0 Å². The van der Waals surface area contributed by atoms with Crippen molar-refractivity contribution in [3.8, 4) is 0 Å². The molecule has 1 aliphatic heterocycles. The summed E-state index contributed by atoms with van der Waals surface area (Å²) in [6, 6.07) is 0.595. The highest BCUT2D eigenvalue weighted by Crippen LogP contribution is 2.10. The number of carbonyl (C=O) groups excluding carboxylic acids is 1. The molecule has 4 nitrogen and oxygen atoms in total. The van der Waals surface area contributed by atoms with E-state index in [1.807, 2.05) is 11.9 Å². The molecule has 1 rings (SSSR count). The predicted octanol–water partition coefficient (Wildman–Crippen LogP) is 1.38. The number of likely N-dealkylation sites (N-methyl/N-ethyl adjacent to an activating group) is 1. The number of hydrogen-bond acceptors (Lipinski definition) is 3. The number of nitrogens with zero attached hydrogens (tertiary/aromatic N) is 2. The Morgan fingerprint density at radius 3 is 2.11 bits per heavy atom. The zero-order chi connectivity index (χ0) is 12.0. The summed E-state index contributed by atoms with van der Waals surface area (Å²) in [5.41, 5.74) is 0. The summed E-state index contributed by atoms with van der Waals surface area (Å²) in [5.74, 6) is 0.290. The van der Waals surface area contributed by atoms with Gasteiger partial charge in [0.25, 0.3) is 0 Å². The molecule has 0 bridgehead atoms. The lowest BCUT2D eigenvalue weighted by Gasteiger charge is -2.33. The van der Waals surface area contributed by atoms with Gasteiger partial charge in [0.15, 0.2) is 0 Å². The molecule has 1 aliphatic rings. The van der Waals surface area contributed by atoms with Gasteiger partial charge < -0.3 is 10.2 Å². The molecule has 6 heteroatoms. The summed E-state index contributed by atoms with van der Waals surface area (Å²) in [7, 11) is 2.00. The van der Waals surface area contributed by atoms with E-state index in [4.69, 9.17) is 0 Å². The topological polar surface area (TPSA) is 35.6 Å². The Hall–Kier alpha value is -0.0300. The van der Waals surface area contributed by atoms with Gasteiger partial charge >= 0.3 is 0 Å². The van der Waals surface area contributed by atoms with Gasteiger partial charge in [-0.1, -0.05) is 13.8 Å². The zero-order valence-electron chi connectivity index (χ0n) is 11.6. The molecule has 0 spiro atoms. The molecule has 0 aromatic rings. The number of rotatable bonds is 5. The van der Waals surface area contributed by atoms with Crippen molar-refractivity contribution in [2.75, 3.05) is 39.8 Å². The van der Waals surface area contributed by atoms with Gasteiger partial charge in [0.05, 0.1) is 6.54 Å². The largest absolute Gasteiger partial charge is 0.341 e. The van der Waals surface area contributed by atoms with Crippen LogP contribution >= 0.6 is 24.8 Å². The number of piperidine rings is 1. The van der Waals surface area contributed by atoms with Crippen molar-refractivity contribution in [3.05, 3.63) is 0 Å². The smallest absolute Gasteiger partial charge is 0.236 e. The molecule has 0 aromatic heterocycles. The van der Waals surface area contributed by atoms with E-state index in [1.165, 1.54) is 0 Å². The normalized spacial score (nSPS) is 16.1. The van der Waals surface area contributed by atoms with Gasteiger partial charge in [0.2, 0.25) is 5.91 Å². The van der Waals surface area contributed by atoms with Crippen LogP contribution < -0.4 is 5.32 Å². The number of amides is 1. The van der Waals surface area contributed by atoms with Gasteiger partial charge in [-0.25, -0.2) is 0 Å². The van der Waals surface area contributed by atoms with Crippen molar-refractivity contribution in [1.29, 1.82) is 0 Å². The summed E-state index contributed by atoms with van der Waals surface area (Å²) < 4.78 is 0. The molecular formula is C12H27Cl2N3O. The Morgan fingerprint density at radius 2 is 1.72 bits per heavy atom. The molecule has 0 aromatic carbocycles. The van der Waals surface area contributed by atoms with Crippen LogP contribution in [0.2, 0.25) is 0 Å². The minimum absolute atomic E-state index is 0. The average molecular weight is 300 g/mol. The maximum Gasteiger partial charge on any atom is 0.236 e. The first-order valence-electron chi connectivity index (χ1n) is 6.38. The zero-order valence-corrected chi connectivity index (χ0v) is 13.3. The van der Waals surface area contributed by atoms with E-state index in [1.54, 1.807) is 0 Å². The fraction of sp³-hybridized carbons (Fsp3) is 0.917. The molecule has 0 aliphatic carbocycles. The van der Waals surface area contributed by atoms with E-state index < -0.39 is 0 Å². The van der Waals surface area contributed by atoms with Crippen LogP contribution in [0, 0.1) is 0 Å². The lowest BCUT2D eigenvalue weighted by Crippen LogP contribution is -2.47. The highest BCUT2D eigenvalue weighted by molar-refractivity contribution is 5.85. The Balaban J connectivity index is 0. The number of nitrogens with one attached hydrogen (secondary N) is 1. The SMILES string of the molecule is CCN(CC)CC(=O)N1CCC(NC)CC1.Cl.Cl. The molecule has 0 atom stereocenters. The fourth-order valence-corrected chi connectivity index (χ4v) is 2.16. The van der Waals surface area contributed by atoms with E-state index in [0.717, 1.165) is 39.0 Å². The van der Waals surface area contributed by atoms with E-state index in [9.17, 15) is 4.79 Å². The van der Waals surface area contributed by atoms with Crippen molar-refractivity contribution < 1.29 is 4.79 Å². The second-order valence-electron chi connectivity index (χ2n) is 4.41. The quantitative estimate of drug-likeness (QED) is 0.833. The van der Waals surface area contributed by atoms with Gasteiger partial charge in [-0.15, -0.1) is 24.8 Å². The van der Waals surface area contributed by atoms with Crippen molar-refractivity contribution in [2.24, 2.45) is 0 Å². The number of halogens is 2. The van der Waals surface area contributed by atoms with E-state index in [2.05, 4.69) is 24.1 Å². The van der Waals surface area contributed by atoms with Crippen LogP contribution in [-0.2, 0) is 4.79 Å². The second kappa shape index (κ2) is 10.9. The molecule has 18 heavy (non-hydrogen) atoms. The highest BCUT2D eigenvalue weighted by atomic mass is 35.5. The first-order valence-corrected chi connectivity index (χ1v) is 6.38. The van der Waals surface area contributed by atoms with Crippen LogP contribution in [0.4, 0.5) is 0 Å². The Morgan fingerprint density at radius 1 is 1.22 bits per heavy atom. The molecule has 1 N–H and O–H groups in total. The van der Waals surface area contributed by atoms with E-state index >= 15 is 0 Å². The van der Waals surface area contributed by atoms with Gasteiger partial charge in [0.1, 0.15) is 0 Å². The first kappa shape index (κ1) is 20.3. The van der Waals surface area contributed by atoms with Crippen LogP contribution in [0.5, 0.6) is 0 Å². The summed E-state index contributed by atoms with van der Waals surface area (Å²) in [5, 5.41) is 3.28. The molecule has 1 amide bonds. The van der Waals surface area contributed by atoms with E-state index in [-0.39, 0.29) is 24.8 Å². The third-order valence-corrected chi connectivity index (χ3v) is 3.51. The average Bonchev–Trinajstić information content (AvgIpc) is 2.35.